The fourth-order valence-corrected chi connectivity index (χ4v) is 2.90. The summed E-state index contributed by atoms with van der Waals surface area (Å²) in [6.07, 6.45) is 2.77. The molecule has 0 aliphatic rings. The standard InChI is InChI=1S/C18H13N5O5S/c24-14(9-29-18-22-21-16(28-18)13-7-4-8-26-13)27-17(23-11-19-10-20-23)15(25)12-5-2-1-3-6-12/h1-8,10-11,17H,9H2. The third kappa shape index (κ3) is 4.41. The molecule has 0 fully saturated rings. The van der Waals surface area contributed by atoms with E-state index in [-0.39, 0.29) is 16.9 Å². The van der Waals surface area contributed by atoms with Crippen LogP contribution in [0.3, 0.4) is 0 Å². The van der Waals surface area contributed by atoms with Gasteiger partial charge in [-0.3, -0.25) is 9.59 Å². The average molecular weight is 411 g/mol. The van der Waals surface area contributed by atoms with E-state index in [0.29, 0.717) is 11.3 Å². The molecule has 11 heteroatoms. The smallest absolute Gasteiger partial charge is 0.318 e. The normalized spacial score (nSPS) is 11.9. The Morgan fingerprint density at radius 3 is 2.72 bits per heavy atom. The highest BCUT2D eigenvalue weighted by Crippen LogP contribution is 2.24. The molecule has 0 bridgehead atoms. The maximum absolute atomic E-state index is 12.8. The van der Waals surface area contributed by atoms with Gasteiger partial charge in [0.25, 0.3) is 17.3 Å². The van der Waals surface area contributed by atoms with Crippen LogP contribution in [0.2, 0.25) is 0 Å². The number of furan rings is 1. The van der Waals surface area contributed by atoms with Gasteiger partial charge in [0.2, 0.25) is 5.78 Å². The minimum Gasteiger partial charge on any atom is -0.459 e. The molecule has 4 aromatic rings. The summed E-state index contributed by atoms with van der Waals surface area (Å²) in [6.45, 7) is 0. The molecule has 29 heavy (non-hydrogen) atoms. The number of hydrogen-bond donors (Lipinski definition) is 0. The first-order valence-electron chi connectivity index (χ1n) is 8.34. The van der Waals surface area contributed by atoms with E-state index in [4.69, 9.17) is 13.6 Å². The van der Waals surface area contributed by atoms with Gasteiger partial charge in [0, 0.05) is 5.56 Å². The number of aromatic nitrogens is 5. The fourth-order valence-electron chi connectivity index (χ4n) is 2.36. The van der Waals surface area contributed by atoms with Gasteiger partial charge < -0.3 is 13.6 Å². The van der Waals surface area contributed by atoms with E-state index in [9.17, 15) is 9.59 Å². The lowest BCUT2D eigenvalue weighted by Crippen LogP contribution is -2.26. The monoisotopic (exact) mass is 411 g/mol. The molecule has 1 aromatic carbocycles. The van der Waals surface area contributed by atoms with Gasteiger partial charge in [0.1, 0.15) is 18.4 Å². The van der Waals surface area contributed by atoms with E-state index in [1.165, 1.54) is 23.6 Å². The molecule has 0 amide bonds. The molecule has 0 saturated carbocycles. The van der Waals surface area contributed by atoms with Crippen LogP contribution in [0, 0.1) is 0 Å². The van der Waals surface area contributed by atoms with Gasteiger partial charge >= 0.3 is 5.97 Å². The Balaban J connectivity index is 1.41. The van der Waals surface area contributed by atoms with Gasteiger partial charge in [-0.25, -0.2) is 9.67 Å². The largest absolute Gasteiger partial charge is 0.459 e. The third-order valence-electron chi connectivity index (χ3n) is 3.65. The van der Waals surface area contributed by atoms with Gasteiger partial charge in [-0.05, 0) is 12.1 Å². The maximum atomic E-state index is 12.8. The minimum atomic E-state index is -1.27. The van der Waals surface area contributed by atoms with E-state index < -0.39 is 18.0 Å². The quantitative estimate of drug-likeness (QED) is 0.242. The fraction of sp³-hybridized carbons (Fsp3) is 0.111. The zero-order valence-electron chi connectivity index (χ0n) is 14.7. The number of ketones is 1. The Kier molecular flexibility index (Phi) is 5.47. The summed E-state index contributed by atoms with van der Waals surface area (Å²) in [7, 11) is 0. The summed E-state index contributed by atoms with van der Waals surface area (Å²) >= 11 is 0.980. The van der Waals surface area contributed by atoms with E-state index >= 15 is 0 Å². The summed E-state index contributed by atoms with van der Waals surface area (Å²) in [5, 5.41) is 11.8. The molecule has 1 atom stereocenters. The molecule has 0 N–H and O–H groups in total. The van der Waals surface area contributed by atoms with Gasteiger partial charge in [-0.15, -0.1) is 10.2 Å². The molecule has 0 saturated heterocycles. The van der Waals surface area contributed by atoms with Crippen LogP contribution in [0.4, 0.5) is 0 Å². The number of thioether (sulfide) groups is 1. The van der Waals surface area contributed by atoms with Crippen molar-refractivity contribution in [2.75, 3.05) is 5.75 Å². The molecular weight excluding hydrogens is 398 g/mol. The van der Waals surface area contributed by atoms with E-state index in [0.717, 1.165) is 11.8 Å². The Bertz CT molecular complexity index is 1080. The Labute approximate surface area is 167 Å². The van der Waals surface area contributed by atoms with Crippen molar-refractivity contribution >= 4 is 23.5 Å². The summed E-state index contributed by atoms with van der Waals surface area (Å²) in [5.74, 6) is -0.602. The van der Waals surface area contributed by atoms with Crippen molar-refractivity contribution in [2.24, 2.45) is 0 Å². The summed E-state index contributed by atoms with van der Waals surface area (Å²) in [4.78, 5) is 28.9. The number of benzene rings is 1. The number of nitrogens with zero attached hydrogens (tertiary/aromatic N) is 5. The van der Waals surface area contributed by atoms with Crippen molar-refractivity contribution in [3.63, 3.8) is 0 Å². The highest BCUT2D eigenvalue weighted by molar-refractivity contribution is 7.99. The number of rotatable bonds is 8. The molecular formula is C18H13N5O5S. The Morgan fingerprint density at radius 1 is 1.14 bits per heavy atom. The van der Waals surface area contributed by atoms with Crippen molar-refractivity contribution < 1.29 is 23.2 Å². The van der Waals surface area contributed by atoms with Gasteiger partial charge in [-0.1, -0.05) is 42.1 Å². The average Bonchev–Trinajstić information content (AvgIpc) is 3.52. The van der Waals surface area contributed by atoms with Gasteiger partial charge in [0.15, 0.2) is 5.76 Å². The van der Waals surface area contributed by atoms with Gasteiger partial charge in [0.05, 0.1) is 6.26 Å². The van der Waals surface area contributed by atoms with E-state index in [1.54, 1.807) is 42.5 Å². The number of hydrogen-bond acceptors (Lipinski definition) is 10. The first-order valence-corrected chi connectivity index (χ1v) is 9.32. The highest BCUT2D eigenvalue weighted by atomic mass is 32.2. The Morgan fingerprint density at radius 2 is 2.00 bits per heavy atom. The molecule has 3 heterocycles. The molecule has 4 rings (SSSR count). The SMILES string of the molecule is O=C(CSc1nnc(-c2ccco2)o1)OC(C(=O)c1ccccc1)n1cncn1. The Hall–Kier alpha value is -3.73. The molecule has 0 aliphatic heterocycles. The van der Waals surface area contributed by atoms with Crippen molar-refractivity contribution in [2.45, 2.75) is 11.5 Å². The second-order valence-electron chi connectivity index (χ2n) is 5.59. The lowest BCUT2D eigenvalue weighted by molar-refractivity contribution is -0.148. The van der Waals surface area contributed by atoms with Crippen LogP contribution in [0.15, 0.2) is 75.4 Å². The molecule has 146 valence electrons. The number of Topliss-reactive ketones (excluding diaryl/α,β-unsaturated/α-hetero) is 1. The predicted octanol–water partition coefficient (Wildman–Crippen LogP) is 2.64. The molecule has 10 nitrogen and oxygen atoms in total. The number of ether oxygens (including phenoxy) is 1. The third-order valence-corrected chi connectivity index (χ3v) is 4.45. The van der Waals surface area contributed by atoms with Crippen LogP contribution in [-0.4, -0.2) is 42.5 Å². The summed E-state index contributed by atoms with van der Waals surface area (Å²) in [5.41, 5.74) is 0.383. The van der Waals surface area contributed by atoms with Crippen molar-refractivity contribution in [1.29, 1.82) is 0 Å². The van der Waals surface area contributed by atoms with Crippen molar-refractivity contribution in [3.05, 3.63) is 66.9 Å². The summed E-state index contributed by atoms with van der Waals surface area (Å²) in [6, 6.07) is 11.8. The molecule has 0 aliphatic carbocycles. The molecule has 0 radical (unpaired) electrons. The molecule has 0 spiro atoms. The van der Waals surface area contributed by atoms with Crippen LogP contribution in [0.1, 0.15) is 16.6 Å². The van der Waals surface area contributed by atoms with E-state index in [2.05, 4.69) is 20.3 Å². The van der Waals surface area contributed by atoms with Crippen molar-refractivity contribution in [3.8, 4) is 11.7 Å². The minimum absolute atomic E-state index is 0.146. The number of carbonyl (C=O) groups is 2. The first kappa shape index (κ1) is 18.6. The molecule has 3 aromatic heterocycles. The topological polar surface area (TPSA) is 126 Å². The van der Waals surface area contributed by atoms with Crippen LogP contribution in [-0.2, 0) is 9.53 Å². The second kappa shape index (κ2) is 8.52. The second-order valence-corrected chi connectivity index (χ2v) is 6.51. The first-order chi connectivity index (χ1) is 14.2. The van der Waals surface area contributed by atoms with Crippen LogP contribution in [0.25, 0.3) is 11.7 Å². The van der Waals surface area contributed by atoms with Crippen LogP contribution < -0.4 is 0 Å². The number of carbonyl (C=O) groups excluding carboxylic acids is 2. The highest BCUT2D eigenvalue weighted by Gasteiger charge is 2.27. The van der Waals surface area contributed by atoms with Crippen LogP contribution in [0.5, 0.6) is 0 Å². The molecule has 1 unspecified atom stereocenters. The lowest BCUT2D eigenvalue weighted by Gasteiger charge is -2.16. The summed E-state index contributed by atoms with van der Waals surface area (Å²) < 4.78 is 17.1. The van der Waals surface area contributed by atoms with E-state index in [1.807, 2.05) is 0 Å². The lowest BCUT2D eigenvalue weighted by atomic mass is 10.1. The zero-order valence-corrected chi connectivity index (χ0v) is 15.6. The predicted molar refractivity (Wildman–Crippen MR) is 98.6 cm³/mol. The zero-order chi connectivity index (χ0) is 20.1. The number of esters is 1. The van der Waals surface area contributed by atoms with Crippen molar-refractivity contribution in [1.82, 2.24) is 25.0 Å². The van der Waals surface area contributed by atoms with Gasteiger partial charge in [-0.2, -0.15) is 5.10 Å². The maximum Gasteiger partial charge on any atom is 0.318 e. The van der Waals surface area contributed by atoms with Crippen LogP contribution >= 0.6 is 11.8 Å².